The summed E-state index contributed by atoms with van der Waals surface area (Å²) in [4.78, 5) is 12.3. The van der Waals surface area contributed by atoms with Crippen LogP contribution in [-0.4, -0.2) is 75.5 Å². The largest absolute Gasteiger partial charge is 0.378 e. The maximum absolute atomic E-state index is 12.3. The van der Waals surface area contributed by atoms with Crippen LogP contribution in [-0.2, 0) is 14.2 Å². The highest BCUT2D eigenvalue weighted by Crippen LogP contribution is 2.18. The fourth-order valence-corrected chi connectivity index (χ4v) is 2.77. The second-order valence-corrected chi connectivity index (χ2v) is 6.99. The molecule has 0 radical (unpaired) electrons. The third-order valence-electron chi connectivity index (χ3n) is 4.56. The number of aryl methyl sites for hydroxylation is 1. The summed E-state index contributed by atoms with van der Waals surface area (Å²) < 4.78 is 18.1. The molecule has 0 spiro atoms. The minimum absolute atomic E-state index is 0. The number of carbonyl (C=O) groups excluding carboxylic acids is 1. The second kappa shape index (κ2) is 13.9. The van der Waals surface area contributed by atoms with Gasteiger partial charge in [-0.15, -0.1) is 0 Å². The molecule has 8 nitrogen and oxygen atoms in total. The summed E-state index contributed by atoms with van der Waals surface area (Å²) in [5, 5.41) is 10.2. The number of aromatic nitrogens is 2. The molecule has 1 amide bonds. The van der Waals surface area contributed by atoms with Crippen LogP contribution in [0.4, 0.5) is 0 Å². The summed E-state index contributed by atoms with van der Waals surface area (Å²) in [6.07, 6.45) is 3.85. The van der Waals surface area contributed by atoms with Gasteiger partial charge in [0.1, 0.15) is 0 Å². The van der Waals surface area contributed by atoms with E-state index in [1.807, 2.05) is 55.3 Å². The Bertz CT molecular complexity index is 744. The molecule has 2 N–H and O–H groups in total. The minimum Gasteiger partial charge on any atom is -0.378 e. The fourth-order valence-electron chi connectivity index (χ4n) is 2.77. The Hall–Kier alpha value is -2.26. The lowest BCUT2D eigenvalue weighted by atomic mass is 10.1. The van der Waals surface area contributed by atoms with Gasteiger partial charge in [-0.2, -0.15) is 5.10 Å². The molecule has 2 rings (SSSR count). The van der Waals surface area contributed by atoms with E-state index in [1.165, 1.54) is 0 Å². The van der Waals surface area contributed by atoms with Gasteiger partial charge in [0.05, 0.1) is 51.9 Å². The number of nitrogens with zero attached hydrogens (tertiary/aromatic N) is 2. The van der Waals surface area contributed by atoms with E-state index in [0.29, 0.717) is 51.7 Å². The van der Waals surface area contributed by atoms with Gasteiger partial charge >= 0.3 is 0 Å². The molecule has 1 aromatic carbocycles. The van der Waals surface area contributed by atoms with Crippen molar-refractivity contribution in [2.75, 3.05) is 59.8 Å². The molecule has 1 atom stereocenters. The van der Waals surface area contributed by atoms with Crippen molar-refractivity contribution >= 4 is 5.91 Å². The zero-order valence-electron chi connectivity index (χ0n) is 18.2. The maximum atomic E-state index is 12.3. The molecular formula is C22H38N4O4. The fraction of sp³-hybridized carbons (Fsp3) is 0.545. The number of benzene rings is 1. The molecule has 0 aliphatic carbocycles. The molecule has 1 unspecified atom stereocenters. The van der Waals surface area contributed by atoms with Gasteiger partial charge in [-0.05, 0) is 44.2 Å². The number of hydrogen-bond donors (Lipinski definition) is 2. The molecule has 0 saturated heterocycles. The maximum Gasteiger partial charge on any atom is 0.251 e. The minimum atomic E-state index is -0.109. The molecular weight excluding hydrogens is 384 g/mol. The van der Waals surface area contributed by atoms with Crippen molar-refractivity contribution in [1.29, 1.82) is 0 Å². The van der Waals surface area contributed by atoms with E-state index in [2.05, 4.69) is 22.7 Å². The Balaban J connectivity index is 0.00000480. The van der Waals surface area contributed by atoms with Crippen LogP contribution in [0, 0.1) is 6.92 Å². The summed E-state index contributed by atoms with van der Waals surface area (Å²) in [5.74, 6) is -0.109. The van der Waals surface area contributed by atoms with Crippen LogP contribution in [0.5, 0.6) is 0 Å². The van der Waals surface area contributed by atoms with Gasteiger partial charge in [-0.1, -0.05) is 12.1 Å². The van der Waals surface area contributed by atoms with Gasteiger partial charge in [-0.3, -0.25) is 9.48 Å². The van der Waals surface area contributed by atoms with Gasteiger partial charge in [0.2, 0.25) is 0 Å². The van der Waals surface area contributed by atoms with Crippen molar-refractivity contribution < 1.29 is 21.9 Å². The topological polar surface area (TPSA) is 86.6 Å². The number of carbonyl (C=O) groups is 1. The highest BCUT2D eigenvalue weighted by atomic mass is 16.5. The number of hydrogen-bond acceptors (Lipinski definition) is 6. The Morgan fingerprint density at radius 1 is 1.03 bits per heavy atom. The molecule has 170 valence electrons. The molecule has 30 heavy (non-hydrogen) atoms. The Labute approximate surface area is 181 Å². The quantitative estimate of drug-likeness (QED) is 0.428. The van der Waals surface area contributed by atoms with Crippen molar-refractivity contribution in [3.05, 3.63) is 53.3 Å². The molecule has 1 heterocycles. The first kappa shape index (κ1) is 24.0. The van der Waals surface area contributed by atoms with Gasteiger partial charge in [0, 0.05) is 27.7 Å². The van der Waals surface area contributed by atoms with E-state index in [0.717, 1.165) is 17.7 Å². The SMILES string of the molecule is CNCCOCCOCCOCCNC(=O)c1ccc(C(C)n2cc(C)cn2)cc1.[HH].[HH]. The third kappa shape index (κ3) is 8.62. The van der Waals surface area contributed by atoms with Crippen LogP contribution in [0.3, 0.4) is 0 Å². The monoisotopic (exact) mass is 422 g/mol. The van der Waals surface area contributed by atoms with E-state index < -0.39 is 0 Å². The smallest absolute Gasteiger partial charge is 0.251 e. The Morgan fingerprint density at radius 3 is 2.20 bits per heavy atom. The summed E-state index contributed by atoms with van der Waals surface area (Å²) in [6.45, 7) is 8.66. The van der Waals surface area contributed by atoms with E-state index in [4.69, 9.17) is 14.2 Å². The normalized spacial score (nSPS) is 12.1. The molecule has 0 saturated carbocycles. The molecule has 8 heteroatoms. The predicted molar refractivity (Wildman–Crippen MR) is 120 cm³/mol. The van der Waals surface area contributed by atoms with Crippen LogP contribution in [0.25, 0.3) is 0 Å². The number of amides is 1. The van der Waals surface area contributed by atoms with Crippen LogP contribution in [0.15, 0.2) is 36.7 Å². The van der Waals surface area contributed by atoms with Gasteiger partial charge in [0.15, 0.2) is 0 Å². The van der Waals surface area contributed by atoms with Crippen molar-refractivity contribution in [2.45, 2.75) is 19.9 Å². The van der Waals surface area contributed by atoms with E-state index in [1.54, 1.807) is 0 Å². The lowest BCUT2D eigenvalue weighted by Gasteiger charge is -2.13. The molecule has 0 fully saturated rings. The van der Waals surface area contributed by atoms with E-state index >= 15 is 0 Å². The Morgan fingerprint density at radius 2 is 1.63 bits per heavy atom. The summed E-state index contributed by atoms with van der Waals surface area (Å²) in [5.41, 5.74) is 2.86. The van der Waals surface area contributed by atoms with E-state index in [9.17, 15) is 4.79 Å². The predicted octanol–water partition coefficient (Wildman–Crippen LogP) is 2.29. The second-order valence-electron chi connectivity index (χ2n) is 6.99. The Kier molecular flexibility index (Phi) is 11.1. The number of nitrogens with one attached hydrogen (secondary N) is 2. The van der Waals surface area contributed by atoms with Crippen molar-refractivity contribution in [2.24, 2.45) is 0 Å². The standard InChI is InChI=1S/C22H34N4O4.2H2/c1-18-16-25-26(17-18)19(2)20-4-6-21(7-5-20)22(27)24-9-11-29-13-15-30-14-12-28-10-8-23-3;;/h4-7,16-17,19,23H,8-15H2,1-3H3,(H,24,27);2*1H. The highest BCUT2D eigenvalue weighted by Gasteiger charge is 2.10. The van der Waals surface area contributed by atoms with Gasteiger partial charge in [-0.25, -0.2) is 0 Å². The molecule has 0 aliphatic heterocycles. The van der Waals surface area contributed by atoms with Crippen LogP contribution in [0.2, 0.25) is 0 Å². The highest BCUT2D eigenvalue weighted by molar-refractivity contribution is 5.94. The average Bonchev–Trinajstić information content (AvgIpc) is 3.20. The summed E-state index contributed by atoms with van der Waals surface area (Å²) in [6, 6.07) is 7.72. The third-order valence-corrected chi connectivity index (χ3v) is 4.56. The van der Waals surface area contributed by atoms with Gasteiger partial charge < -0.3 is 24.8 Å². The van der Waals surface area contributed by atoms with Crippen LogP contribution in [0.1, 0.15) is 37.3 Å². The van der Waals surface area contributed by atoms with Crippen LogP contribution >= 0.6 is 0 Å². The van der Waals surface area contributed by atoms with Crippen molar-refractivity contribution in [3.8, 4) is 0 Å². The number of rotatable bonds is 15. The lowest BCUT2D eigenvalue weighted by Crippen LogP contribution is -2.27. The first-order chi connectivity index (χ1) is 14.6. The zero-order valence-corrected chi connectivity index (χ0v) is 18.2. The lowest BCUT2D eigenvalue weighted by molar-refractivity contribution is 0.0159. The van der Waals surface area contributed by atoms with Crippen LogP contribution < -0.4 is 10.6 Å². The first-order valence-electron chi connectivity index (χ1n) is 10.4. The molecule has 0 bridgehead atoms. The number of likely N-dealkylation sites (N-methyl/N-ethyl adjacent to an activating group) is 1. The van der Waals surface area contributed by atoms with Gasteiger partial charge in [0.25, 0.3) is 5.91 Å². The molecule has 2 aromatic rings. The molecule has 0 aliphatic rings. The van der Waals surface area contributed by atoms with Crippen molar-refractivity contribution in [1.82, 2.24) is 20.4 Å². The summed E-state index contributed by atoms with van der Waals surface area (Å²) in [7, 11) is 1.89. The van der Waals surface area contributed by atoms with Crippen molar-refractivity contribution in [3.63, 3.8) is 0 Å². The van der Waals surface area contributed by atoms with E-state index in [-0.39, 0.29) is 14.8 Å². The first-order valence-corrected chi connectivity index (χ1v) is 10.4. The average molecular weight is 423 g/mol. The summed E-state index contributed by atoms with van der Waals surface area (Å²) >= 11 is 0. The molecule has 1 aromatic heterocycles. The number of ether oxygens (including phenoxy) is 3. The zero-order chi connectivity index (χ0) is 21.6.